The van der Waals surface area contributed by atoms with Crippen LogP contribution in [0.25, 0.3) is 0 Å². The molecule has 0 fully saturated rings. The molecule has 3 nitrogen and oxygen atoms in total. The second-order valence-electron chi connectivity index (χ2n) is 4.69. The first-order valence-electron chi connectivity index (χ1n) is 6.70. The zero-order chi connectivity index (χ0) is 13.4. The maximum Gasteiger partial charge on any atom is 0.338 e. The lowest BCUT2D eigenvalue weighted by molar-refractivity contribution is 0.0319. The normalized spacial score (nSPS) is 12.1. The van der Waals surface area contributed by atoms with Gasteiger partial charge in [0.05, 0.1) is 11.7 Å². The highest BCUT2D eigenvalue weighted by molar-refractivity contribution is 5.89. The number of benzene rings is 1. The average Bonchev–Trinajstić information content (AvgIpc) is 2.35. The second-order valence-corrected chi connectivity index (χ2v) is 4.69. The van der Waals surface area contributed by atoms with Crippen LogP contribution in [0, 0.1) is 0 Å². The number of anilines is 1. The molecule has 0 saturated carbocycles. The van der Waals surface area contributed by atoms with Crippen LogP contribution in [0.15, 0.2) is 24.3 Å². The number of nitrogens with two attached hydrogens (primary N) is 1. The Balaban J connectivity index is 2.33. The van der Waals surface area contributed by atoms with Crippen molar-refractivity contribution in [2.75, 3.05) is 5.73 Å². The Morgan fingerprint density at radius 1 is 1.22 bits per heavy atom. The summed E-state index contributed by atoms with van der Waals surface area (Å²) in [7, 11) is 0. The van der Waals surface area contributed by atoms with Gasteiger partial charge in [-0.2, -0.15) is 0 Å². The summed E-state index contributed by atoms with van der Waals surface area (Å²) < 4.78 is 5.38. The predicted molar refractivity (Wildman–Crippen MR) is 74.5 cm³/mol. The number of esters is 1. The van der Waals surface area contributed by atoms with Gasteiger partial charge in [0.15, 0.2) is 0 Å². The van der Waals surface area contributed by atoms with Crippen LogP contribution in [0.4, 0.5) is 5.69 Å². The molecule has 1 atom stereocenters. The molecule has 0 aliphatic heterocycles. The quantitative estimate of drug-likeness (QED) is 0.454. The highest BCUT2D eigenvalue weighted by Gasteiger charge is 2.11. The third kappa shape index (κ3) is 5.21. The molecule has 0 heterocycles. The number of ether oxygens (including phenoxy) is 1. The fraction of sp³-hybridized carbons (Fsp3) is 0.533. The smallest absolute Gasteiger partial charge is 0.338 e. The number of nitrogen functional groups attached to an aromatic ring is 1. The minimum absolute atomic E-state index is 0.0214. The highest BCUT2D eigenvalue weighted by Crippen LogP contribution is 2.12. The van der Waals surface area contributed by atoms with Gasteiger partial charge in [-0.15, -0.1) is 0 Å². The van der Waals surface area contributed by atoms with E-state index in [1.807, 2.05) is 6.92 Å². The predicted octanol–water partition coefficient (Wildman–Crippen LogP) is 3.78. The third-order valence-electron chi connectivity index (χ3n) is 2.92. The van der Waals surface area contributed by atoms with Crippen LogP contribution in [-0.2, 0) is 4.74 Å². The van der Waals surface area contributed by atoms with Crippen molar-refractivity contribution in [1.82, 2.24) is 0 Å². The van der Waals surface area contributed by atoms with E-state index in [2.05, 4.69) is 6.92 Å². The highest BCUT2D eigenvalue weighted by atomic mass is 16.5. The van der Waals surface area contributed by atoms with E-state index in [1.165, 1.54) is 19.3 Å². The molecule has 0 aliphatic rings. The van der Waals surface area contributed by atoms with Gasteiger partial charge in [-0.3, -0.25) is 0 Å². The van der Waals surface area contributed by atoms with Crippen LogP contribution in [0.3, 0.4) is 0 Å². The summed E-state index contributed by atoms with van der Waals surface area (Å²) in [6.07, 6.45) is 5.70. The van der Waals surface area contributed by atoms with Crippen molar-refractivity contribution in [1.29, 1.82) is 0 Å². The molecule has 18 heavy (non-hydrogen) atoms. The largest absolute Gasteiger partial charge is 0.459 e. The standard InChI is InChI=1S/C15H23NO2/c1-3-4-5-6-7-12(2)18-15(17)13-8-10-14(16)11-9-13/h8-12H,3-7,16H2,1-2H3. The Bertz CT molecular complexity index is 359. The summed E-state index contributed by atoms with van der Waals surface area (Å²) in [5.74, 6) is -0.266. The van der Waals surface area contributed by atoms with Crippen molar-refractivity contribution in [3.63, 3.8) is 0 Å². The molecular formula is C15H23NO2. The molecule has 0 aliphatic carbocycles. The topological polar surface area (TPSA) is 52.3 Å². The average molecular weight is 249 g/mol. The lowest BCUT2D eigenvalue weighted by atomic mass is 10.1. The summed E-state index contributed by atoms with van der Waals surface area (Å²) in [6.45, 7) is 4.13. The lowest BCUT2D eigenvalue weighted by Crippen LogP contribution is -2.15. The first-order chi connectivity index (χ1) is 8.63. The van der Waals surface area contributed by atoms with E-state index in [4.69, 9.17) is 10.5 Å². The van der Waals surface area contributed by atoms with Crippen molar-refractivity contribution in [2.24, 2.45) is 0 Å². The minimum atomic E-state index is -0.266. The Morgan fingerprint density at radius 2 is 1.89 bits per heavy atom. The number of carbonyl (C=O) groups is 1. The summed E-state index contributed by atoms with van der Waals surface area (Å²) in [5, 5.41) is 0. The van der Waals surface area contributed by atoms with Crippen LogP contribution in [0.1, 0.15) is 56.3 Å². The molecular weight excluding hydrogens is 226 g/mol. The molecule has 1 unspecified atom stereocenters. The van der Waals surface area contributed by atoms with Gasteiger partial charge in [-0.05, 0) is 44.0 Å². The van der Waals surface area contributed by atoms with Gasteiger partial charge in [0.1, 0.15) is 0 Å². The summed E-state index contributed by atoms with van der Waals surface area (Å²) >= 11 is 0. The van der Waals surface area contributed by atoms with Crippen molar-refractivity contribution in [2.45, 2.75) is 52.1 Å². The van der Waals surface area contributed by atoms with Gasteiger partial charge in [-0.25, -0.2) is 4.79 Å². The fourth-order valence-electron chi connectivity index (χ4n) is 1.79. The van der Waals surface area contributed by atoms with Gasteiger partial charge in [0.2, 0.25) is 0 Å². The Labute approximate surface area is 109 Å². The third-order valence-corrected chi connectivity index (χ3v) is 2.92. The number of rotatable bonds is 7. The maximum absolute atomic E-state index is 11.8. The number of carbonyl (C=O) groups excluding carboxylic acids is 1. The van der Waals surface area contributed by atoms with E-state index in [0.29, 0.717) is 11.3 Å². The molecule has 0 bridgehead atoms. The van der Waals surface area contributed by atoms with Crippen molar-refractivity contribution in [3.05, 3.63) is 29.8 Å². The lowest BCUT2D eigenvalue weighted by Gasteiger charge is -2.13. The van der Waals surface area contributed by atoms with Crippen molar-refractivity contribution < 1.29 is 9.53 Å². The van der Waals surface area contributed by atoms with Crippen LogP contribution >= 0.6 is 0 Å². The fourth-order valence-corrected chi connectivity index (χ4v) is 1.79. The molecule has 2 N–H and O–H groups in total. The van der Waals surface area contributed by atoms with Crippen LogP contribution in [0.5, 0.6) is 0 Å². The SMILES string of the molecule is CCCCCCC(C)OC(=O)c1ccc(N)cc1. The first kappa shape index (κ1) is 14.6. The van der Waals surface area contributed by atoms with Gasteiger partial charge >= 0.3 is 5.97 Å². The van der Waals surface area contributed by atoms with Crippen LogP contribution in [-0.4, -0.2) is 12.1 Å². The van der Waals surface area contributed by atoms with E-state index in [-0.39, 0.29) is 12.1 Å². The monoisotopic (exact) mass is 249 g/mol. The molecule has 100 valence electrons. The summed E-state index contributed by atoms with van der Waals surface area (Å²) in [6, 6.07) is 6.81. The number of hydrogen-bond acceptors (Lipinski definition) is 3. The molecule has 1 rings (SSSR count). The minimum Gasteiger partial charge on any atom is -0.459 e. The second kappa shape index (κ2) is 7.75. The van der Waals surface area contributed by atoms with Gasteiger partial charge in [-0.1, -0.05) is 26.2 Å². The molecule has 1 aromatic rings. The summed E-state index contributed by atoms with van der Waals surface area (Å²) in [4.78, 5) is 11.8. The molecule has 0 spiro atoms. The maximum atomic E-state index is 11.8. The van der Waals surface area contributed by atoms with E-state index in [0.717, 1.165) is 12.8 Å². The zero-order valence-electron chi connectivity index (χ0n) is 11.3. The van der Waals surface area contributed by atoms with E-state index < -0.39 is 0 Å². The number of unbranched alkanes of at least 4 members (excludes halogenated alkanes) is 3. The molecule has 3 heteroatoms. The van der Waals surface area contributed by atoms with Crippen molar-refractivity contribution >= 4 is 11.7 Å². The Hall–Kier alpha value is -1.51. The Morgan fingerprint density at radius 3 is 2.50 bits per heavy atom. The molecule has 0 aromatic heterocycles. The molecule has 0 amide bonds. The zero-order valence-corrected chi connectivity index (χ0v) is 11.3. The van der Waals surface area contributed by atoms with Crippen molar-refractivity contribution in [3.8, 4) is 0 Å². The van der Waals surface area contributed by atoms with E-state index >= 15 is 0 Å². The van der Waals surface area contributed by atoms with E-state index in [9.17, 15) is 4.79 Å². The van der Waals surface area contributed by atoms with Crippen LogP contribution < -0.4 is 5.73 Å². The first-order valence-corrected chi connectivity index (χ1v) is 6.70. The number of hydrogen-bond donors (Lipinski definition) is 1. The Kier molecular flexibility index (Phi) is 6.26. The molecule has 0 saturated heterocycles. The van der Waals surface area contributed by atoms with Gasteiger partial charge < -0.3 is 10.5 Å². The van der Waals surface area contributed by atoms with E-state index in [1.54, 1.807) is 24.3 Å². The summed E-state index contributed by atoms with van der Waals surface area (Å²) in [5.41, 5.74) is 6.78. The molecule has 1 aromatic carbocycles. The van der Waals surface area contributed by atoms with Gasteiger partial charge in [0, 0.05) is 5.69 Å². The van der Waals surface area contributed by atoms with Gasteiger partial charge in [0.25, 0.3) is 0 Å². The molecule has 0 radical (unpaired) electrons. The van der Waals surface area contributed by atoms with Crippen LogP contribution in [0.2, 0.25) is 0 Å².